The predicted octanol–water partition coefficient (Wildman–Crippen LogP) is 4.60. The highest BCUT2D eigenvalue weighted by Crippen LogP contribution is 2.31. The minimum Gasteiger partial charge on any atom is -0.285 e. The Kier molecular flexibility index (Phi) is 5.86. The van der Waals surface area contributed by atoms with E-state index < -0.39 is 5.82 Å². The second-order valence-electron chi connectivity index (χ2n) is 6.14. The van der Waals surface area contributed by atoms with E-state index in [1.807, 2.05) is 12.3 Å². The van der Waals surface area contributed by atoms with Crippen LogP contribution >= 0.6 is 23.1 Å². The standard InChI is InChI=1S/C20H16F2N4OS2/c21-14-5-7-15(8-6-14)28-13-18(27)26(12-11-25-10-2-9-23-25)20-24-19-16(22)3-1-4-17(19)29-20/h1-10H,11-13H2. The van der Waals surface area contributed by atoms with Crippen LogP contribution in [0.1, 0.15) is 0 Å². The minimum atomic E-state index is -0.412. The molecule has 0 unspecified atom stereocenters. The van der Waals surface area contributed by atoms with Crippen molar-refractivity contribution in [2.45, 2.75) is 11.4 Å². The number of rotatable bonds is 7. The number of halogens is 2. The zero-order valence-corrected chi connectivity index (χ0v) is 16.8. The molecule has 5 nitrogen and oxygen atoms in total. The normalized spacial score (nSPS) is 11.1. The third-order valence-corrected chi connectivity index (χ3v) is 6.22. The van der Waals surface area contributed by atoms with Crippen molar-refractivity contribution in [2.75, 3.05) is 17.2 Å². The molecule has 2 heterocycles. The first kappa shape index (κ1) is 19.5. The number of hydrogen-bond acceptors (Lipinski definition) is 5. The summed E-state index contributed by atoms with van der Waals surface area (Å²) in [5, 5.41) is 4.61. The van der Waals surface area contributed by atoms with Crippen molar-refractivity contribution in [3.8, 4) is 0 Å². The summed E-state index contributed by atoms with van der Waals surface area (Å²) in [6.45, 7) is 0.838. The van der Waals surface area contributed by atoms with Gasteiger partial charge in [-0.15, -0.1) is 11.8 Å². The number of carbonyl (C=O) groups is 1. The van der Waals surface area contributed by atoms with Gasteiger partial charge in [-0.05, 0) is 42.5 Å². The van der Waals surface area contributed by atoms with Crippen molar-refractivity contribution in [2.24, 2.45) is 0 Å². The number of thiazole rings is 1. The van der Waals surface area contributed by atoms with Crippen LogP contribution in [0.5, 0.6) is 0 Å². The average molecular weight is 431 g/mol. The van der Waals surface area contributed by atoms with Gasteiger partial charge in [0, 0.05) is 23.8 Å². The second kappa shape index (κ2) is 8.71. The number of para-hydroxylation sites is 1. The second-order valence-corrected chi connectivity index (χ2v) is 8.20. The highest BCUT2D eigenvalue weighted by Gasteiger charge is 2.21. The number of hydrogen-bond donors (Lipinski definition) is 0. The molecule has 4 aromatic rings. The van der Waals surface area contributed by atoms with Gasteiger partial charge in [-0.1, -0.05) is 17.4 Å². The van der Waals surface area contributed by atoms with Gasteiger partial charge in [0.15, 0.2) is 5.13 Å². The highest BCUT2D eigenvalue weighted by molar-refractivity contribution is 8.00. The molecular formula is C20H16F2N4OS2. The van der Waals surface area contributed by atoms with E-state index in [9.17, 15) is 13.6 Å². The molecule has 0 saturated carbocycles. The van der Waals surface area contributed by atoms with Crippen molar-refractivity contribution in [3.63, 3.8) is 0 Å². The van der Waals surface area contributed by atoms with Crippen molar-refractivity contribution in [3.05, 3.63) is 72.6 Å². The lowest BCUT2D eigenvalue weighted by molar-refractivity contribution is -0.116. The van der Waals surface area contributed by atoms with E-state index >= 15 is 0 Å². The maximum atomic E-state index is 14.1. The maximum absolute atomic E-state index is 14.1. The van der Waals surface area contributed by atoms with Gasteiger partial charge < -0.3 is 0 Å². The number of anilines is 1. The Morgan fingerprint density at radius 3 is 2.69 bits per heavy atom. The molecule has 0 fully saturated rings. The lowest BCUT2D eigenvalue weighted by Gasteiger charge is -2.19. The van der Waals surface area contributed by atoms with Gasteiger partial charge in [0.25, 0.3) is 0 Å². The number of nitrogens with zero attached hydrogens (tertiary/aromatic N) is 4. The van der Waals surface area contributed by atoms with Crippen LogP contribution in [-0.4, -0.2) is 33.0 Å². The van der Waals surface area contributed by atoms with Crippen molar-refractivity contribution in [1.82, 2.24) is 14.8 Å². The molecule has 0 aliphatic carbocycles. The summed E-state index contributed by atoms with van der Waals surface area (Å²) in [6, 6.07) is 12.6. The zero-order valence-electron chi connectivity index (χ0n) is 15.2. The van der Waals surface area contributed by atoms with E-state index in [4.69, 9.17) is 0 Å². The van der Waals surface area contributed by atoms with Gasteiger partial charge in [0.2, 0.25) is 5.91 Å². The lowest BCUT2D eigenvalue weighted by Crippen LogP contribution is -2.35. The van der Waals surface area contributed by atoms with Gasteiger partial charge in [-0.3, -0.25) is 14.4 Å². The molecule has 0 spiro atoms. The van der Waals surface area contributed by atoms with E-state index in [0.717, 1.165) is 4.90 Å². The lowest BCUT2D eigenvalue weighted by atomic mass is 10.3. The number of benzene rings is 2. The van der Waals surface area contributed by atoms with Gasteiger partial charge in [0.1, 0.15) is 17.2 Å². The van der Waals surface area contributed by atoms with Crippen LogP contribution in [-0.2, 0) is 11.3 Å². The highest BCUT2D eigenvalue weighted by atomic mass is 32.2. The molecule has 29 heavy (non-hydrogen) atoms. The first-order chi connectivity index (χ1) is 14.1. The number of amides is 1. The van der Waals surface area contributed by atoms with Crippen molar-refractivity contribution in [1.29, 1.82) is 0 Å². The first-order valence-electron chi connectivity index (χ1n) is 8.81. The molecule has 1 amide bonds. The quantitative estimate of drug-likeness (QED) is 0.402. The molecule has 0 N–H and O–H groups in total. The Morgan fingerprint density at radius 1 is 1.14 bits per heavy atom. The minimum absolute atomic E-state index is 0.156. The van der Waals surface area contributed by atoms with Crippen LogP contribution in [0.2, 0.25) is 0 Å². The smallest absolute Gasteiger partial charge is 0.239 e. The average Bonchev–Trinajstić information content (AvgIpc) is 3.38. The van der Waals surface area contributed by atoms with Crippen LogP contribution in [0.3, 0.4) is 0 Å². The Labute approximate surface area is 174 Å². The SMILES string of the molecule is O=C(CSc1ccc(F)cc1)N(CCn1cccn1)c1nc2c(F)cccc2s1. The van der Waals surface area contributed by atoms with Gasteiger partial charge in [-0.2, -0.15) is 5.10 Å². The number of thioether (sulfide) groups is 1. The van der Waals surface area contributed by atoms with Crippen LogP contribution in [0.4, 0.5) is 13.9 Å². The fourth-order valence-corrected chi connectivity index (χ4v) is 4.53. The molecule has 0 radical (unpaired) electrons. The van der Waals surface area contributed by atoms with Gasteiger partial charge in [-0.25, -0.2) is 13.8 Å². The van der Waals surface area contributed by atoms with Crippen molar-refractivity contribution < 1.29 is 13.6 Å². The van der Waals surface area contributed by atoms with Crippen molar-refractivity contribution >= 4 is 44.4 Å². The van der Waals surface area contributed by atoms with E-state index in [-0.39, 0.29) is 23.0 Å². The first-order valence-corrected chi connectivity index (χ1v) is 10.6. The number of carbonyl (C=O) groups excluding carboxylic acids is 1. The fourth-order valence-electron chi connectivity index (χ4n) is 2.73. The summed E-state index contributed by atoms with van der Waals surface area (Å²) in [5.41, 5.74) is 0.260. The van der Waals surface area contributed by atoms with Gasteiger partial charge >= 0.3 is 0 Å². The maximum Gasteiger partial charge on any atom is 0.239 e. The summed E-state index contributed by atoms with van der Waals surface area (Å²) in [5.74, 6) is -0.738. The molecule has 2 aromatic carbocycles. The monoisotopic (exact) mass is 430 g/mol. The Bertz CT molecular complexity index is 1110. The Balaban J connectivity index is 1.55. The summed E-state index contributed by atoms with van der Waals surface area (Å²) in [6.07, 6.45) is 3.48. The van der Waals surface area contributed by atoms with E-state index in [2.05, 4.69) is 10.1 Å². The van der Waals surface area contributed by atoms with Crippen LogP contribution in [0, 0.1) is 11.6 Å². The topological polar surface area (TPSA) is 51.0 Å². The van der Waals surface area contributed by atoms with Crippen LogP contribution in [0.25, 0.3) is 10.2 Å². The third kappa shape index (κ3) is 4.63. The molecular weight excluding hydrogens is 414 g/mol. The Morgan fingerprint density at radius 2 is 1.97 bits per heavy atom. The largest absolute Gasteiger partial charge is 0.285 e. The molecule has 0 atom stereocenters. The van der Waals surface area contributed by atoms with E-state index in [0.29, 0.717) is 22.9 Å². The summed E-state index contributed by atoms with van der Waals surface area (Å²) >= 11 is 2.59. The molecule has 4 rings (SSSR count). The summed E-state index contributed by atoms with van der Waals surface area (Å²) < 4.78 is 29.5. The van der Waals surface area contributed by atoms with Gasteiger partial charge in [0.05, 0.1) is 17.0 Å². The number of aromatic nitrogens is 3. The third-order valence-electron chi connectivity index (χ3n) is 4.18. The number of fused-ring (bicyclic) bond motifs is 1. The molecule has 148 valence electrons. The fraction of sp³-hybridized carbons (Fsp3) is 0.150. The Hall–Kier alpha value is -2.78. The molecule has 0 aliphatic heterocycles. The molecule has 9 heteroatoms. The zero-order chi connectivity index (χ0) is 20.2. The molecule has 0 bridgehead atoms. The van der Waals surface area contributed by atoms with Crippen LogP contribution < -0.4 is 4.90 Å². The van der Waals surface area contributed by atoms with Crippen LogP contribution in [0.15, 0.2) is 65.8 Å². The van der Waals surface area contributed by atoms with E-state index in [1.54, 1.807) is 40.0 Å². The predicted molar refractivity (Wildman–Crippen MR) is 111 cm³/mol. The van der Waals surface area contributed by atoms with E-state index in [1.165, 1.54) is 41.3 Å². The summed E-state index contributed by atoms with van der Waals surface area (Å²) in [7, 11) is 0. The molecule has 0 saturated heterocycles. The molecule has 2 aromatic heterocycles. The molecule has 0 aliphatic rings. The summed E-state index contributed by atoms with van der Waals surface area (Å²) in [4.78, 5) is 19.7.